The Balaban J connectivity index is 1.85. The predicted molar refractivity (Wildman–Crippen MR) is 79.7 cm³/mol. The molecule has 1 heterocycles. The van der Waals surface area contributed by atoms with Crippen LogP contribution in [0.1, 0.15) is 70.5 Å². The Bertz CT molecular complexity index is 490. The Morgan fingerprint density at radius 2 is 2.05 bits per heavy atom. The number of nitrogens with zero attached hydrogens (tertiary/aromatic N) is 2. The molecule has 0 bridgehead atoms. The predicted octanol–water partition coefficient (Wildman–Crippen LogP) is 4.42. The van der Waals surface area contributed by atoms with Crippen LogP contribution in [0.5, 0.6) is 0 Å². The van der Waals surface area contributed by atoms with E-state index in [1.165, 1.54) is 50.8 Å². The third kappa shape index (κ3) is 2.78. The van der Waals surface area contributed by atoms with Crippen molar-refractivity contribution >= 4 is 12.2 Å². The number of H-pyrrole nitrogens is 1. The molecule has 0 amide bonds. The summed E-state index contributed by atoms with van der Waals surface area (Å²) in [4.78, 5) is 0. The Morgan fingerprint density at radius 1 is 1.37 bits per heavy atom. The molecule has 1 N–H and O–H groups in total. The van der Waals surface area contributed by atoms with Gasteiger partial charge in [-0.3, -0.25) is 5.10 Å². The molecule has 19 heavy (non-hydrogen) atoms. The van der Waals surface area contributed by atoms with Gasteiger partial charge >= 0.3 is 0 Å². The first-order valence-corrected chi connectivity index (χ1v) is 8.16. The minimum absolute atomic E-state index is 0.472. The van der Waals surface area contributed by atoms with Gasteiger partial charge in [0.1, 0.15) is 5.82 Å². The molecular formula is C15H25N3S. The SMILES string of the molecule is CC(C)CC1(Cn2c(C3CC3)n[nH]c2=S)CCCC1. The molecule has 1 aromatic heterocycles. The fourth-order valence-electron chi connectivity index (χ4n) is 3.89. The second-order valence-electron chi connectivity index (χ2n) is 7.05. The van der Waals surface area contributed by atoms with E-state index in [0.717, 1.165) is 17.2 Å². The van der Waals surface area contributed by atoms with Crippen LogP contribution in [0.25, 0.3) is 0 Å². The van der Waals surface area contributed by atoms with E-state index in [9.17, 15) is 0 Å². The largest absolute Gasteiger partial charge is 0.303 e. The maximum Gasteiger partial charge on any atom is 0.195 e. The lowest BCUT2D eigenvalue weighted by Crippen LogP contribution is -2.26. The molecule has 2 aliphatic carbocycles. The van der Waals surface area contributed by atoms with Crippen LogP contribution in [0.3, 0.4) is 0 Å². The minimum Gasteiger partial charge on any atom is -0.303 e. The van der Waals surface area contributed by atoms with E-state index >= 15 is 0 Å². The van der Waals surface area contributed by atoms with Crippen molar-refractivity contribution in [3.05, 3.63) is 10.6 Å². The van der Waals surface area contributed by atoms with Crippen molar-refractivity contribution in [1.29, 1.82) is 0 Å². The van der Waals surface area contributed by atoms with Crippen molar-refractivity contribution in [3.8, 4) is 0 Å². The molecule has 0 spiro atoms. The van der Waals surface area contributed by atoms with Crippen LogP contribution in [0.15, 0.2) is 0 Å². The Labute approximate surface area is 120 Å². The summed E-state index contributed by atoms with van der Waals surface area (Å²) in [5, 5.41) is 7.49. The molecule has 2 aliphatic rings. The van der Waals surface area contributed by atoms with Crippen molar-refractivity contribution < 1.29 is 0 Å². The second kappa shape index (κ2) is 5.04. The molecule has 4 heteroatoms. The van der Waals surface area contributed by atoms with Crippen LogP contribution >= 0.6 is 12.2 Å². The first-order chi connectivity index (χ1) is 9.10. The van der Waals surface area contributed by atoms with Gasteiger partial charge in [-0.25, -0.2) is 0 Å². The maximum absolute atomic E-state index is 5.46. The lowest BCUT2D eigenvalue weighted by atomic mass is 9.78. The second-order valence-corrected chi connectivity index (χ2v) is 7.44. The highest BCUT2D eigenvalue weighted by atomic mass is 32.1. The van der Waals surface area contributed by atoms with E-state index < -0.39 is 0 Å². The number of rotatable bonds is 5. The molecule has 0 saturated heterocycles. The molecule has 0 unspecified atom stereocenters. The lowest BCUT2D eigenvalue weighted by molar-refractivity contribution is 0.194. The van der Waals surface area contributed by atoms with Gasteiger partial charge in [0.15, 0.2) is 4.77 Å². The normalized spacial score (nSPS) is 22.3. The van der Waals surface area contributed by atoms with Crippen LogP contribution < -0.4 is 0 Å². The number of aromatic nitrogens is 3. The topological polar surface area (TPSA) is 33.6 Å². The summed E-state index contributed by atoms with van der Waals surface area (Å²) in [6.07, 6.45) is 9.40. The van der Waals surface area contributed by atoms with Crippen molar-refractivity contribution in [2.75, 3.05) is 0 Å². The van der Waals surface area contributed by atoms with Gasteiger partial charge in [-0.2, -0.15) is 5.10 Å². The fourth-order valence-corrected chi connectivity index (χ4v) is 4.09. The minimum atomic E-state index is 0.472. The summed E-state index contributed by atoms with van der Waals surface area (Å²) in [6, 6.07) is 0. The van der Waals surface area contributed by atoms with Crippen LogP contribution in [-0.4, -0.2) is 14.8 Å². The fraction of sp³-hybridized carbons (Fsp3) is 0.867. The van der Waals surface area contributed by atoms with Gasteiger partial charge in [0.05, 0.1) is 0 Å². The summed E-state index contributed by atoms with van der Waals surface area (Å²) in [7, 11) is 0. The summed E-state index contributed by atoms with van der Waals surface area (Å²) >= 11 is 5.46. The first kappa shape index (κ1) is 13.3. The summed E-state index contributed by atoms with van der Waals surface area (Å²) in [6.45, 7) is 5.78. The van der Waals surface area contributed by atoms with Gasteiger partial charge in [-0.15, -0.1) is 0 Å². The highest BCUT2D eigenvalue weighted by molar-refractivity contribution is 7.71. The van der Waals surface area contributed by atoms with Crippen LogP contribution in [0.2, 0.25) is 0 Å². The zero-order valence-electron chi connectivity index (χ0n) is 12.1. The van der Waals surface area contributed by atoms with E-state index in [4.69, 9.17) is 12.2 Å². The smallest absolute Gasteiger partial charge is 0.195 e. The molecule has 0 aromatic carbocycles. The Hall–Kier alpha value is -0.640. The average molecular weight is 279 g/mol. The first-order valence-electron chi connectivity index (χ1n) is 7.75. The van der Waals surface area contributed by atoms with Gasteiger partial charge in [0.25, 0.3) is 0 Å². The molecule has 0 radical (unpaired) electrons. The third-order valence-corrected chi connectivity index (χ3v) is 5.04. The average Bonchev–Trinajstić information content (AvgIpc) is 2.99. The zero-order valence-corrected chi connectivity index (χ0v) is 12.9. The van der Waals surface area contributed by atoms with Gasteiger partial charge < -0.3 is 4.57 Å². The molecule has 3 nitrogen and oxygen atoms in total. The molecule has 2 fully saturated rings. The molecule has 3 rings (SSSR count). The summed E-state index contributed by atoms with van der Waals surface area (Å²) < 4.78 is 3.15. The van der Waals surface area contributed by atoms with E-state index in [0.29, 0.717) is 11.3 Å². The Kier molecular flexibility index (Phi) is 3.54. The van der Waals surface area contributed by atoms with Crippen LogP contribution in [0.4, 0.5) is 0 Å². The highest BCUT2D eigenvalue weighted by Gasteiger charge is 2.37. The van der Waals surface area contributed by atoms with Crippen LogP contribution in [0, 0.1) is 16.1 Å². The monoisotopic (exact) mass is 279 g/mol. The molecule has 106 valence electrons. The van der Waals surface area contributed by atoms with E-state index in [-0.39, 0.29) is 0 Å². The zero-order chi connectivity index (χ0) is 13.5. The van der Waals surface area contributed by atoms with Gasteiger partial charge in [0, 0.05) is 12.5 Å². The van der Waals surface area contributed by atoms with E-state index in [1.807, 2.05) is 0 Å². The van der Waals surface area contributed by atoms with E-state index in [1.54, 1.807) is 0 Å². The lowest BCUT2D eigenvalue weighted by Gasteiger charge is -2.31. The number of nitrogens with one attached hydrogen (secondary N) is 1. The molecule has 0 atom stereocenters. The standard InChI is InChI=1S/C15H25N3S/c1-11(2)9-15(7-3-4-8-15)10-18-13(12-5-6-12)16-17-14(18)19/h11-12H,3-10H2,1-2H3,(H,17,19). The molecular weight excluding hydrogens is 254 g/mol. The molecule has 2 saturated carbocycles. The third-order valence-electron chi connectivity index (χ3n) is 4.73. The van der Waals surface area contributed by atoms with E-state index in [2.05, 4.69) is 28.6 Å². The number of hydrogen-bond acceptors (Lipinski definition) is 2. The van der Waals surface area contributed by atoms with Crippen molar-refractivity contribution in [3.63, 3.8) is 0 Å². The van der Waals surface area contributed by atoms with Crippen molar-refractivity contribution in [1.82, 2.24) is 14.8 Å². The van der Waals surface area contributed by atoms with Crippen LogP contribution in [-0.2, 0) is 6.54 Å². The molecule has 1 aromatic rings. The molecule has 0 aliphatic heterocycles. The number of aromatic amines is 1. The van der Waals surface area contributed by atoms with Gasteiger partial charge in [-0.05, 0) is 55.7 Å². The van der Waals surface area contributed by atoms with Gasteiger partial charge in [0.2, 0.25) is 0 Å². The maximum atomic E-state index is 5.46. The summed E-state index contributed by atoms with van der Waals surface area (Å²) in [5.74, 6) is 2.66. The highest BCUT2D eigenvalue weighted by Crippen LogP contribution is 2.46. The van der Waals surface area contributed by atoms with Gasteiger partial charge in [-0.1, -0.05) is 26.7 Å². The summed E-state index contributed by atoms with van der Waals surface area (Å²) in [5.41, 5.74) is 0.472. The van der Waals surface area contributed by atoms with Crippen molar-refractivity contribution in [2.45, 2.75) is 71.3 Å². The van der Waals surface area contributed by atoms with Crippen molar-refractivity contribution in [2.24, 2.45) is 11.3 Å². The quantitative estimate of drug-likeness (QED) is 0.809. The Morgan fingerprint density at radius 3 is 2.63 bits per heavy atom. The number of hydrogen-bond donors (Lipinski definition) is 1.